The Balaban J connectivity index is 2.45. The number of benzene rings is 1. The monoisotopic (exact) mass is 253 g/mol. The van der Waals surface area contributed by atoms with Gasteiger partial charge in [-0.3, -0.25) is 15.1 Å². The lowest BCUT2D eigenvalue weighted by molar-refractivity contribution is -0.385. The summed E-state index contributed by atoms with van der Waals surface area (Å²) in [7, 11) is 0. The summed E-state index contributed by atoms with van der Waals surface area (Å²) in [6, 6.07) is 3.00. The van der Waals surface area contributed by atoms with Crippen molar-refractivity contribution in [2.75, 3.05) is 0 Å². The largest absolute Gasteiger partial charge is 0.493 e. The number of aromatic nitrogens is 2. The van der Waals surface area contributed by atoms with Gasteiger partial charge in [0.15, 0.2) is 0 Å². The number of nitro benzene ring substituents is 1. The van der Waals surface area contributed by atoms with E-state index in [-0.39, 0.29) is 23.4 Å². The molecule has 0 aliphatic heterocycles. The summed E-state index contributed by atoms with van der Waals surface area (Å²) in [5.41, 5.74) is -0.793. The number of rotatable bonds is 3. The fraction of sp³-hybridized carbons (Fsp3) is 0.100. The molecule has 0 fully saturated rings. The van der Waals surface area contributed by atoms with Crippen LogP contribution in [-0.4, -0.2) is 20.0 Å². The predicted octanol–water partition coefficient (Wildman–Crippen LogP) is 1.05. The van der Waals surface area contributed by atoms with Gasteiger partial charge in [0.05, 0.1) is 10.6 Å². The Morgan fingerprint density at radius 3 is 2.67 bits per heavy atom. The number of aromatic hydroxyl groups is 1. The van der Waals surface area contributed by atoms with Crippen LogP contribution in [0.5, 0.6) is 5.88 Å². The molecule has 0 unspecified atom stereocenters. The van der Waals surface area contributed by atoms with Crippen LogP contribution in [0.15, 0.2) is 23.0 Å². The van der Waals surface area contributed by atoms with E-state index in [0.29, 0.717) is 0 Å². The summed E-state index contributed by atoms with van der Waals surface area (Å²) in [6.07, 6.45) is -0.154. The molecule has 0 saturated carbocycles. The van der Waals surface area contributed by atoms with Crippen molar-refractivity contribution in [3.8, 4) is 5.88 Å². The van der Waals surface area contributed by atoms with Gasteiger partial charge in [-0.25, -0.2) is 9.18 Å². The maximum Gasteiger partial charge on any atom is 0.325 e. The highest BCUT2D eigenvalue weighted by atomic mass is 19.1. The molecule has 1 heterocycles. The first-order valence-corrected chi connectivity index (χ1v) is 4.90. The maximum absolute atomic E-state index is 13.1. The molecule has 3 N–H and O–H groups in total. The Bertz CT molecular complexity index is 661. The van der Waals surface area contributed by atoms with Gasteiger partial charge in [0.2, 0.25) is 5.88 Å². The van der Waals surface area contributed by atoms with Crippen molar-refractivity contribution in [3.05, 3.63) is 55.9 Å². The number of imidazole rings is 1. The van der Waals surface area contributed by atoms with Crippen LogP contribution in [0.4, 0.5) is 10.1 Å². The Labute approximate surface area is 99.1 Å². The Hall–Kier alpha value is -2.64. The van der Waals surface area contributed by atoms with E-state index in [9.17, 15) is 24.4 Å². The van der Waals surface area contributed by atoms with E-state index in [1.807, 2.05) is 0 Å². The van der Waals surface area contributed by atoms with Gasteiger partial charge < -0.3 is 10.1 Å². The Morgan fingerprint density at radius 1 is 1.39 bits per heavy atom. The van der Waals surface area contributed by atoms with E-state index in [0.717, 1.165) is 18.2 Å². The van der Waals surface area contributed by atoms with E-state index in [2.05, 4.69) is 9.97 Å². The van der Waals surface area contributed by atoms with E-state index >= 15 is 0 Å². The van der Waals surface area contributed by atoms with Crippen molar-refractivity contribution >= 4 is 5.69 Å². The van der Waals surface area contributed by atoms with Crippen LogP contribution >= 0.6 is 0 Å². The average Bonchev–Trinajstić information content (AvgIpc) is 2.57. The van der Waals surface area contributed by atoms with Gasteiger partial charge >= 0.3 is 5.69 Å². The number of nitrogens with one attached hydrogen (secondary N) is 2. The highest BCUT2D eigenvalue weighted by molar-refractivity contribution is 5.43. The molecule has 0 saturated heterocycles. The first-order chi connectivity index (χ1) is 8.47. The number of hydrogen-bond acceptors (Lipinski definition) is 4. The molecule has 0 aliphatic carbocycles. The minimum atomic E-state index is -0.656. The molecule has 0 aliphatic rings. The van der Waals surface area contributed by atoms with Gasteiger partial charge in [-0.1, -0.05) is 0 Å². The van der Waals surface area contributed by atoms with Crippen LogP contribution in [0.25, 0.3) is 0 Å². The molecule has 8 heteroatoms. The summed E-state index contributed by atoms with van der Waals surface area (Å²) < 4.78 is 13.1. The van der Waals surface area contributed by atoms with Gasteiger partial charge in [0.25, 0.3) is 5.69 Å². The fourth-order valence-electron chi connectivity index (χ4n) is 1.60. The predicted molar refractivity (Wildman–Crippen MR) is 58.9 cm³/mol. The van der Waals surface area contributed by atoms with Gasteiger partial charge in [0.1, 0.15) is 5.82 Å². The third-order valence-electron chi connectivity index (χ3n) is 2.39. The summed E-state index contributed by atoms with van der Waals surface area (Å²) in [5.74, 6) is -1.05. The number of H-pyrrole nitrogens is 2. The lowest BCUT2D eigenvalue weighted by Crippen LogP contribution is -2.02. The summed E-state index contributed by atoms with van der Waals surface area (Å²) in [5, 5.41) is 20.1. The van der Waals surface area contributed by atoms with E-state index < -0.39 is 22.3 Å². The molecule has 0 atom stereocenters. The Morgan fingerprint density at radius 2 is 2.11 bits per heavy atom. The molecule has 94 valence electrons. The molecule has 1 aromatic heterocycles. The van der Waals surface area contributed by atoms with E-state index in [4.69, 9.17) is 0 Å². The van der Waals surface area contributed by atoms with Gasteiger partial charge in [-0.2, -0.15) is 0 Å². The minimum Gasteiger partial charge on any atom is -0.493 e. The van der Waals surface area contributed by atoms with Gasteiger partial charge in [-0.15, -0.1) is 0 Å². The topological polar surface area (TPSA) is 112 Å². The van der Waals surface area contributed by atoms with Crippen molar-refractivity contribution in [3.63, 3.8) is 0 Å². The second-order valence-corrected chi connectivity index (χ2v) is 3.61. The normalized spacial score (nSPS) is 10.5. The van der Waals surface area contributed by atoms with Gasteiger partial charge in [-0.05, 0) is 12.1 Å². The third kappa shape index (κ3) is 2.21. The Kier molecular flexibility index (Phi) is 2.84. The zero-order chi connectivity index (χ0) is 13.3. The summed E-state index contributed by atoms with van der Waals surface area (Å²) in [4.78, 5) is 25.4. The molecule has 0 spiro atoms. The molecule has 18 heavy (non-hydrogen) atoms. The first-order valence-electron chi connectivity index (χ1n) is 4.90. The quantitative estimate of drug-likeness (QED) is 0.560. The minimum absolute atomic E-state index is 0.0607. The number of hydrogen-bond donors (Lipinski definition) is 3. The number of nitro groups is 1. The molecule has 7 nitrogen and oxygen atoms in total. The van der Waals surface area contributed by atoms with Crippen molar-refractivity contribution in [1.29, 1.82) is 0 Å². The SMILES string of the molecule is O=c1[nH]c(O)c(Cc2cc(F)ccc2[N+](=O)[O-])[nH]1. The van der Waals surface area contributed by atoms with Crippen molar-refractivity contribution in [1.82, 2.24) is 9.97 Å². The highest BCUT2D eigenvalue weighted by Gasteiger charge is 2.17. The van der Waals surface area contributed by atoms with Gasteiger partial charge in [0, 0.05) is 18.1 Å². The first kappa shape index (κ1) is 11.8. The highest BCUT2D eigenvalue weighted by Crippen LogP contribution is 2.23. The zero-order valence-electron chi connectivity index (χ0n) is 8.94. The van der Waals surface area contributed by atoms with Crippen LogP contribution in [0.2, 0.25) is 0 Å². The van der Waals surface area contributed by atoms with Crippen molar-refractivity contribution in [2.24, 2.45) is 0 Å². The van der Waals surface area contributed by atoms with E-state index in [1.54, 1.807) is 0 Å². The molecule has 0 amide bonds. The molecule has 1 aromatic carbocycles. The number of aromatic amines is 2. The molecular formula is C10H8FN3O4. The van der Waals surface area contributed by atoms with Crippen LogP contribution in [0, 0.1) is 15.9 Å². The second-order valence-electron chi connectivity index (χ2n) is 3.61. The number of halogens is 1. The lowest BCUT2D eigenvalue weighted by Gasteiger charge is -2.02. The molecule has 2 rings (SSSR count). The fourth-order valence-corrected chi connectivity index (χ4v) is 1.60. The van der Waals surface area contributed by atoms with Crippen LogP contribution < -0.4 is 5.69 Å². The number of nitrogens with zero attached hydrogens (tertiary/aromatic N) is 1. The average molecular weight is 253 g/mol. The molecule has 0 bridgehead atoms. The summed E-state index contributed by atoms with van der Waals surface area (Å²) in [6.45, 7) is 0. The summed E-state index contributed by atoms with van der Waals surface area (Å²) >= 11 is 0. The third-order valence-corrected chi connectivity index (χ3v) is 2.39. The lowest BCUT2D eigenvalue weighted by atomic mass is 10.1. The van der Waals surface area contributed by atoms with Crippen molar-refractivity contribution < 1.29 is 14.4 Å². The van der Waals surface area contributed by atoms with Crippen LogP contribution in [0.1, 0.15) is 11.3 Å². The maximum atomic E-state index is 13.1. The molecule has 2 aromatic rings. The molecule has 0 radical (unpaired) electrons. The molecular weight excluding hydrogens is 245 g/mol. The van der Waals surface area contributed by atoms with Crippen LogP contribution in [-0.2, 0) is 6.42 Å². The smallest absolute Gasteiger partial charge is 0.325 e. The second kappa shape index (κ2) is 4.32. The van der Waals surface area contributed by atoms with Crippen LogP contribution in [0.3, 0.4) is 0 Å². The zero-order valence-corrected chi connectivity index (χ0v) is 8.94. The van der Waals surface area contributed by atoms with E-state index in [1.165, 1.54) is 0 Å². The standard InChI is InChI=1S/C10H8FN3O4/c11-6-1-2-8(14(17)18)5(3-6)4-7-9(15)13-10(16)12-7/h1-3,15H,4H2,(H2,12,13,16). The van der Waals surface area contributed by atoms with Crippen molar-refractivity contribution in [2.45, 2.75) is 6.42 Å².